The van der Waals surface area contributed by atoms with Gasteiger partial charge in [0.2, 0.25) is 5.65 Å². The van der Waals surface area contributed by atoms with E-state index in [2.05, 4.69) is 42.9 Å². The smallest absolute Gasteiger partial charge is 0.203 e. The minimum atomic E-state index is 0.647. The first-order valence-electron chi connectivity index (χ1n) is 8.02. The third kappa shape index (κ3) is 3.20. The van der Waals surface area contributed by atoms with Crippen LogP contribution in [0.4, 0.5) is 5.82 Å². The summed E-state index contributed by atoms with van der Waals surface area (Å²) < 4.78 is 1.93. The number of anilines is 1. The van der Waals surface area contributed by atoms with E-state index in [1.807, 2.05) is 28.1 Å². The summed E-state index contributed by atoms with van der Waals surface area (Å²) in [4.78, 5) is 8.29. The number of thiophene rings is 1. The molecule has 23 heavy (non-hydrogen) atoms. The van der Waals surface area contributed by atoms with Gasteiger partial charge in [-0.25, -0.2) is 4.98 Å². The highest BCUT2D eigenvalue weighted by Crippen LogP contribution is 2.23. The first kappa shape index (κ1) is 14.6. The maximum atomic E-state index is 4.54. The number of fused-ring (bicyclic) bond motifs is 1. The highest BCUT2D eigenvalue weighted by molar-refractivity contribution is 7.09. The van der Waals surface area contributed by atoms with Gasteiger partial charge in [0.15, 0.2) is 5.82 Å². The Balaban J connectivity index is 1.40. The highest BCUT2D eigenvalue weighted by atomic mass is 32.1. The molecule has 0 unspecified atom stereocenters. The van der Waals surface area contributed by atoms with Gasteiger partial charge in [0.1, 0.15) is 6.33 Å². The third-order valence-corrected chi connectivity index (χ3v) is 5.20. The van der Waals surface area contributed by atoms with Crippen LogP contribution in [0.1, 0.15) is 17.7 Å². The van der Waals surface area contributed by atoms with Crippen LogP contribution in [-0.4, -0.2) is 39.2 Å². The highest BCUT2D eigenvalue weighted by Gasteiger charge is 2.22. The number of nitrogens with zero attached hydrogens (tertiary/aromatic N) is 5. The minimum Gasteiger partial charge on any atom is -0.353 e. The standard InChI is InChI=1S/C16H20N6S/c1-3-13(9-17-10-14-4-2-8-23-14)11-21(6-1)15-16-20-19-12-22(16)7-5-18-15/h2,4-5,7-8,12-13,17H,1,3,6,9-11H2/t13-/m0/s1. The van der Waals surface area contributed by atoms with E-state index in [1.165, 1.54) is 17.7 Å². The van der Waals surface area contributed by atoms with Crippen LogP contribution in [-0.2, 0) is 6.54 Å². The van der Waals surface area contributed by atoms with E-state index >= 15 is 0 Å². The molecule has 0 radical (unpaired) electrons. The van der Waals surface area contributed by atoms with Crippen molar-refractivity contribution in [1.29, 1.82) is 0 Å². The van der Waals surface area contributed by atoms with Gasteiger partial charge in [0.05, 0.1) is 0 Å². The lowest BCUT2D eigenvalue weighted by molar-refractivity contribution is 0.391. The molecule has 1 aliphatic heterocycles. The molecule has 1 atom stereocenters. The van der Waals surface area contributed by atoms with Gasteiger partial charge < -0.3 is 10.2 Å². The van der Waals surface area contributed by atoms with Crippen LogP contribution in [0.25, 0.3) is 5.65 Å². The molecule has 3 aromatic heterocycles. The van der Waals surface area contributed by atoms with E-state index in [9.17, 15) is 0 Å². The van der Waals surface area contributed by atoms with Crippen molar-refractivity contribution in [1.82, 2.24) is 24.9 Å². The molecule has 4 heterocycles. The SMILES string of the molecule is c1csc(CNC[C@@H]2CCCN(c3nccn4cnnc34)C2)c1. The molecule has 0 amide bonds. The zero-order chi connectivity index (χ0) is 15.5. The minimum absolute atomic E-state index is 0.647. The van der Waals surface area contributed by atoms with Gasteiger partial charge in [0, 0.05) is 36.9 Å². The number of hydrogen-bond acceptors (Lipinski definition) is 6. The van der Waals surface area contributed by atoms with Crippen molar-refractivity contribution in [3.05, 3.63) is 41.1 Å². The molecule has 3 aromatic rings. The molecule has 0 spiro atoms. The van der Waals surface area contributed by atoms with E-state index in [1.54, 1.807) is 6.33 Å². The maximum Gasteiger partial charge on any atom is 0.203 e. The summed E-state index contributed by atoms with van der Waals surface area (Å²) in [6.45, 7) is 4.08. The van der Waals surface area contributed by atoms with Gasteiger partial charge >= 0.3 is 0 Å². The van der Waals surface area contributed by atoms with Gasteiger partial charge in [-0.1, -0.05) is 6.07 Å². The first-order chi connectivity index (χ1) is 11.4. The second-order valence-electron chi connectivity index (χ2n) is 5.98. The van der Waals surface area contributed by atoms with Crippen LogP contribution >= 0.6 is 11.3 Å². The average molecular weight is 328 g/mol. The lowest BCUT2D eigenvalue weighted by Crippen LogP contribution is -2.40. The largest absolute Gasteiger partial charge is 0.353 e. The van der Waals surface area contributed by atoms with Gasteiger partial charge in [-0.3, -0.25) is 4.40 Å². The van der Waals surface area contributed by atoms with Crippen molar-refractivity contribution in [2.45, 2.75) is 19.4 Å². The molecular weight excluding hydrogens is 308 g/mol. The molecule has 6 nitrogen and oxygen atoms in total. The number of rotatable bonds is 5. The number of nitrogens with one attached hydrogen (secondary N) is 1. The zero-order valence-electron chi connectivity index (χ0n) is 12.9. The molecule has 0 saturated carbocycles. The van der Waals surface area contributed by atoms with E-state index in [4.69, 9.17) is 0 Å². The molecule has 0 aromatic carbocycles. The van der Waals surface area contributed by atoms with Gasteiger partial charge in [-0.05, 0) is 36.8 Å². The quantitative estimate of drug-likeness (QED) is 0.778. The fourth-order valence-electron chi connectivity index (χ4n) is 3.21. The summed E-state index contributed by atoms with van der Waals surface area (Å²) in [5, 5.41) is 13.9. The van der Waals surface area contributed by atoms with Crippen LogP contribution < -0.4 is 10.2 Å². The van der Waals surface area contributed by atoms with E-state index in [0.29, 0.717) is 5.92 Å². The second kappa shape index (κ2) is 6.64. The van der Waals surface area contributed by atoms with Gasteiger partial charge in [-0.2, -0.15) is 0 Å². The Morgan fingerprint density at radius 2 is 2.39 bits per heavy atom. The Morgan fingerprint density at radius 1 is 1.39 bits per heavy atom. The Morgan fingerprint density at radius 3 is 3.30 bits per heavy atom. The van der Waals surface area contributed by atoms with Crippen LogP contribution in [0.15, 0.2) is 36.2 Å². The molecule has 0 bridgehead atoms. The van der Waals surface area contributed by atoms with Crippen molar-refractivity contribution < 1.29 is 0 Å². The van der Waals surface area contributed by atoms with Crippen LogP contribution in [0, 0.1) is 5.92 Å². The molecular formula is C16H20N6S. The summed E-state index contributed by atoms with van der Waals surface area (Å²) >= 11 is 1.81. The number of aromatic nitrogens is 4. The van der Waals surface area contributed by atoms with Crippen molar-refractivity contribution >= 4 is 22.8 Å². The third-order valence-electron chi connectivity index (χ3n) is 4.33. The van der Waals surface area contributed by atoms with Crippen molar-refractivity contribution in [2.24, 2.45) is 5.92 Å². The molecule has 4 rings (SSSR count). The van der Waals surface area contributed by atoms with Crippen LogP contribution in [0.5, 0.6) is 0 Å². The second-order valence-corrected chi connectivity index (χ2v) is 7.01. The summed E-state index contributed by atoms with van der Waals surface area (Å²) in [5.41, 5.74) is 0.847. The monoisotopic (exact) mass is 328 g/mol. The van der Waals surface area contributed by atoms with E-state index in [-0.39, 0.29) is 0 Å². The Bertz CT molecular complexity index is 753. The van der Waals surface area contributed by atoms with E-state index < -0.39 is 0 Å². The predicted molar refractivity (Wildman–Crippen MR) is 91.7 cm³/mol. The lowest BCUT2D eigenvalue weighted by atomic mass is 9.98. The van der Waals surface area contributed by atoms with Gasteiger partial charge in [0.25, 0.3) is 0 Å². The Hall–Kier alpha value is -1.99. The zero-order valence-corrected chi connectivity index (χ0v) is 13.7. The molecule has 1 fully saturated rings. The first-order valence-corrected chi connectivity index (χ1v) is 8.90. The summed E-state index contributed by atoms with van der Waals surface area (Å²) in [5.74, 6) is 1.60. The fourth-order valence-corrected chi connectivity index (χ4v) is 3.88. The van der Waals surface area contributed by atoms with Crippen LogP contribution in [0.3, 0.4) is 0 Å². The van der Waals surface area contributed by atoms with Crippen molar-refractivity contribution in [3.8, 4) is 0 Å². The summed E-state index contributed by atoms with van der Waals surface area (Å²) in [6, 6.07) is 4.29. The average Bonchev–Trinajstić information content (AvgIpc) is 3.26. The number of hydrogen-bond donors (Lipinski definition) is 1. The lowest BCUT2D eigenvalue weighted by Gasteiger charge is -2.33. The molecule has 120 valence electrons. The topological polar surface area (TPSA) is 58.4 Å². The fraction of sp³-hybridized carbons (Fsp3) is 0.438. The number of piperidine rings is 1. The summed E-state index contributed by atoms with van der Waals surface area (Å²) in [7, 11) is 0. The normalized spacial score (nSPS) is 18.6. The van der Waals surface area contributed by atoms with Gasteiger partial charge in [-0.15, -0.1) is 21.5 Å². The van der Waals surface area contributed by atoms with E-state index in [0.717, 1.165) is 37.6 Å². The van der Waals surface area contributed by atoms with Crippen LogP contribution in [0.2, 0.25) is 0 Å². The molecule has 1 N–H and O–H groups in total. The maximum absolute atomic E-state index is 4.54. The molecule has 0 aliphatic carbocycles. The van der Waals surface area contributed by atoms with Crippen molar-refractivity contribution in [2.75, 3.05) is 24.5 Å². The predicted octanol–water partition coefficient (Wildman–Crippen LogP) is 2.19. The Labute approximate surface area is 139 Å². The van der Waals surface area contributed by atoms with Crippen molar-refractivity contribution in [3.63, 3.8) is 0 Å². The molecule has 1 aliphatic rings. The molecule has 1 saturated heterocycles. The summed E-state index contributed by atoms with van der Waals surface area (Å²) in [6.07, 6.45) is 7.91. The molecule has 7 heteroatoms. The Kier molecular flexibility index (Phi) is 4.21.